The molecule has 8 heteroatoms. The van der Waals surface area contributed by atoms with Gasteiger partial charge >= 0.3 is 5.97 Å². The van der Waals surface area contributed by atoms with Gasteiger partial charge < -0.3 is 10.1 Å². The molecular weight excluding hydrogens is 336 g/mol. The average Bonchev–Trinajstić information content (AvgIpc) is 3.27. The van der Waals surface area contributed by atoms with Crippen LogP contribution in [0, 0.1) is 4.91 Å². The number of nitrogens with one attached hydrogen (secondary N) is 1. The lowest BCUT2D eigenvalue weighted by Crippen LogP contribution is -2.37. The predicted molar refractivity (Wildman–Crippen MR) is 93.4 cm³/mol. The lowest BCUT2D eigenvalue weighted by Gasteiger charge is -2.10. The highest BCUT2D eigenvalue weighted by atomic mass is 16.5. The van der Waals surface area contributed by atoms with Crippen LogP contribution in [0.15, 0.2) is 53.8 Å². The molecule has 26 heavy (non-hydrogen) atoms. The van der Waals surface area contributed by atoms with E-state index in [-0.39, 0.29) is 5.91 Å². The van der Waals surface area contributed by atoms with Crippen LogP contribution in [-0.2, 0) is 9.53 Å². The maximum Gasteiger partial charge on any atom is 0.328 e. The molecule has 130 valence electrons. The van der Waals surface area contributed by atoms with E-state index in [1.807, 2.05) is 6.07 Å². The Kier molecular flexibility index (Phi) is 3.92. The number of hydrogen-bond donors (Lipinski definition) is 1. The molecule has 0 aliphatic carbocycles. The minimum absolute atomic E-state index is 0.320. The third kappa shape index (κ3) is 2.81. The number of fused-ring (bicyclic) bond motifs is 1. The first-order valence-electron chi connectivity index (χ1n) is 8.05. The fourth-order valence-corrected chi connectivity index (χ4v) is 2.93. The van der Waals surface area contributed by atoms with Crippen LogP contribution in [0.25, 0.3) is 16.6 Å². The molecule has 1 aliphatic heterocycles. The molecule has 1 atom stereocenters. The van der Waals surface area contributed by atoms with Crippen molar-refractivity contribution in [3.63, 3.8) is 0 Å². The van der Waals surface area contributed by atoms with Gasteiger partial charge in [0, 0.05) is 17.4 Å². The van der Waals surface area contributed by atoms with Crippen molar-refractivity contribution in [2.24, 2.45) is 5.18 Å². The molecule has 2 heterocycles. The number of hydrogen-bond acceptors (Lipinski definition) is 6. The Morgan fingerprint density at radius 3 is 2.92 bits per heavy atom. The van der Waals surface area contributed by atoms with Gasteiger partial charge in [-0.15, -0.1) is 4.91 Å². The van der Waals surface area contributed by atoms with Crippen molar-refractivity contribution in [3.8, 4) is 5.69 Å². The molecule has 0 spiro atoms. The second-order valence-electron chi connectivity index (χ2n) is 5.92. The molecule has 2 aromatic carbocycles. The lowest BCUT2D eigenvalue weighted by atomic mass is 10.1. The number of esters is 1. The SMILES string of the molecule is O=Nc1ccc2c(cnn2-c2cccc(C(=O)N[C@@H]3CCOC3=O)c2)c1. The predicted octanol–water partition coefficient (Wildman–Crippen LogP) is 2.47. The number of carbonyl (C=O) groups excluding carboxylic acids is 2. The van der Waals surface area contributed by atoms with Crippen LogP contribution < -0.4 is 5.32 Å². The third-order valence-corrected chi connectivity index (χ3v) is 4.25. The van der Waals surface area contributed by atoms with Gasteiger partial charge in [0.1, 0.15) is 11.7 Å². The first kappa shape index (κ1) is 15.9. The summed E-state index contributed by atoms with van der Waals surface area (Å²) < 4.78 is 6.53. The van der Waals surface area contributed by atoms with E-state index < -0.39 is 12.0 Å². The minimum atomic E-state index is -0.606. The maximum absolute atomic E-state index is 12.4. The highest BCUT2D eigenvalue weighted by Gasteiger charge is 2.28. The fourth-order valence-electron chi connectivity index (χ4n) is 2.93. The molecule has 4 rings (SSSR count). The monoisotopic (exact) mass is 350 g/mol. The molecule has 1 aromatic heterocycles. The molecule has 0 saturated carbocycles. The van der Waals surface area contributed by atoms with Crippen LogP contribution in [0.4, 0.5) is 5.69 Å². The summed E-state index contributed by atoms with van der Waals surface area (Å²) in [5.74, 6) is -0.758. The average molecular weight is 350 g/mol. The summed E-state index contributed by atoms with van der Waals surface area (Å²) in [5, 5.41) is 10.7. The molecule has 1 saturated heterocycles. The lowest BCUT2D eigenvalue weighted by molar-refractivity contribution is -0.139. The van der Waals surface area contributed by atoms with E-state index in [9.17, 15) is 14.5 Å². The first-order chi connectivity index (χ1) is 12.7. The molecule has 0 bridgehead atoms. The van der Waals surface area contributed by atoms with E-state index in [1.54, 1.807) is 47.3 Å². The van der Waals surface area contributed by atoms with Crippen LogP contribution in [-0.4, -0.2) is 34.3 Å². The summed E-state index contributed by atoms with van der Waals surface area (Å²) >= 11 is 0. The van der Waals surface area contributed by atoms with Gasteiger partial charge in [-0.3, -0.25) is 4.79 Å². The van der Waals surface area contributed by atoms with Gasteiger partial charge in [-0.1, -0.05) is 6.07 Å². The molecule has 0 radical (unpaired) electrons. The van der Waals surface area contributed by atoms with E-state index in [1.165, 1.54) is 0 Å². The molecule has 8 nitrogen and oxygen atoms in total. The summed E-state index contributed by atoms with van der Waals surface area (Å²) in [6, 6.07) is 11.3. The number of aromatic nitrogens is 2. The van der Waals surface area contributed by atoms with Gasteiger partial charge in [-0.2, -0.15) is 5.10 Å². The topological polar surface area (TPSA) is 103 Å². The zero-order chi connectivity index (χ0) is 18.1. The van der Waals surface area contributed by atoms with Crippen molar-refractivity contribution in [2.45, 2.75) is 12.5 Å². The first-order valence-corrected chi connectivity index (χ1v) is 8.05. The van der Waals surface area contributed by atoms with E-state index >= 15 is 0 Å². The summed E-state index contributed by atoms with van der Waals surface area (Å²) in [5.41, 5.74) is 2.22. The summed E-state index contributed by atoms with van der Waals surface area (Å²) in [4.78, 5) is 34.6. The van der Waals surface area contributed by atoms with Crippen LogP contribution in [0.1, 0.15) is 16.8 Å². The Morgan fingerprint density at radius 2 is 2.15 bits per heavy atom. The van der Waals surface area contributed by atoms with Crippen molar-refractivity contribution in [1.82, 2.24) is 15.1 Å². The maximum atomic E-state index is 12.4. The minimum Gasteiger partial charge on any atom is -0.464 e. The molecule has 1 aliphatic rings. The Bertz CT molecular complexity index is 1030. The number of benzene rings is 2. The number of rotatable bonds is 4. The highest BCUT2D eigenvalue weighted by Crippen LogP contribution is 2.23. The van der Waals surface area contributed by atoms with Crippen LogP contribution >= 0.6 is 0 Å². The molecular formula is C18H14N4O4. The molecule has 3 aromatic rings. The Labute approximate surface area is 147 Å². The molecule has 1 amide bonds. The van der Waals surface area contributed by atoms with E-state index in [4.69, 9.17) is 4.74 Å². The number of cyclic esters (lactones) is 1. The third-order valence-electron chi connectivity index (χ3n) is 4.25. The second kappa shape index (κ2) is 6.40. The van der Waals surface area contributed by atoms with Crippen LogP contribution in [0.5, 0.6) is 0 Å². The zero-order valence-corrected chi connectivity index (χ0v) is 13.6. The number of ether oxygens (including phenoxy) is 1. The Morgan fingerprint density at radius 1 is 1.27 bits per heavy atom. The van der Waals surface area contributed by atoms with E-state index in [0.29, 0.717) is 30.0 Å². The van der Waals surface area contributed by atoms with Gasteiger partial charge in [-0.05, 0) is 41.6 Å². The summed E-state index contributed by atoms with van der Waals surface area (Å²) in [6.45, 7) is 0.320. The summed E-state index contributed by atoms with van der Waals surface area (Å²) in [7, 11) is 0. The second-order valence-corrected chi connectivity index (χ2v) is 5.92. The smallest absolute Gasteiger partial charge is 0.328 e. The molecule has 0 unspecified atom stereocenters. The fraction of sp³-hybridized carbons (Fsp3) is 0.167. The van der Waals surface area contributed by atoms with Crippen molar-refractivity contribution in [1.29, 1.82) is 0 Å². The van der Waals surface area contributed by atoms with Gasteiger partial charge in [0.2, 0.25) is 0 Å². The molecule has 1 fully saturated rings. The quantitative estimate of drug-likeness (QED) is 0.575. The van der Waals surface area contributed by atoms with Gasteiger partial charge in [0.15, 0.2) is 0 Å². The molecule has 1 N–H and O–H groups in total. The normalized spacial score (nSPS) is 16.5. The van der Waals surface area contributed by atoms with Gasteiger partial charge in [0.05, 0.1) is 24.0 Å². The number of amides is 1. The standard InChI is InChI=1S/C18H14N4O4/c23-17(20-15-6-7-26-18(15)24)11-2-1-3-14(9-11)22-16-5-4-13(21-25)8-12(16)10-19-22/h1-5,8-10,15H,6-7H2,(H,20,23)/t15-/m1/s1. The number of nitroso groups, excluding NO2 is 1. The number of nitrogens with zero attached hydrogens (tertiary/aromatic N) is 3. The van der Waals surface area contributed by atoms with Crippen LogP contribution in [0.3, 0.4) is 0 Å². The number of carbonyl (C=O) groups is 2. The largest absolute Gasteiger partial charge is 0.464 e. The Hall–Kier alpha value is -3.55. The van der Waals surface area contributed by atoms with Crippen molar-refractivity contribution in [2.75, 3.05) is 6.61 Å². The Balaban J connectivity index is 1.64. The zero-order valence-electron chi connectivity index (χ0n) is 13.6. The van der Waals surface area contributed by atoms with Crippen LogP contribution in [0.2, 0.25) is 0 Å². The highest BCUT2D eigenvalue weighted by molar-refractivity contribution is 5.97. The van der Waals surface area contributed by atoms with Gasteiger partial charge in [-0.25, -0.2) is 9.48 Å². The van der Waals surface area contributed by atoms with Gasteiger partial charge in [0.25, 0.3) is 5.91 Å². The van der Waals surface area contributed by atoms with E-state index in [0.717, 1.165) is 10.9 Å². The van der Waals surface area contributed by atoms with E-state index in [2.05, 4.69) is 15.6 Å². The van der Waals surface area contributed by atoms with Crippen molar-refractivity contribution in [3.05, 3.63) is 59.1 Å². The van der Waals surface area contributed by atoms with Crippen molar-refractivity contribution >= 4 is 28.5 Å². The van der Waals surface area contributed by atoms with Crippen molar-refractivity contribution < 1.29 is 14.3 Å². The summed E-state index contributed by atoms with van der Waals surface area (Å²) in [6.07, 6.45) is 2.10.